The normalized spacial score (nSPS) is 17.5. The van der Waals surface area contributed by atoms with Crippen LogP contribution in [0.15, 0.2) is 59.8 Å². The van der Waals surface area contributed by atoms with Crippen LogP contribution in [0.25, 0.3) is 10.8 Å². The number of carboxylic acid groups (broad SMARTS) is 1. The maximum Gasteiger partial charge on any atom is 1.00 e. The van der Waals surface area contributed by atoms with Gasteiger partial charge in [-0.25, -0.2) is 18.4 Å². The van der Waals surface area contributed by atoms with Crippen LogP contribution in [0, 0.1) is 0 Å². The number of aromatic nitrogens is 2. The Morgan fingerprint density at radius 2 is 1.74 bits per heavy atom. The van der Waals surface area contributed by atoms with Crippen LogP contribution in [0.3, 0.4) is 0 Å². The predicted octanol–water partition coefficient (Wildman–Crippen LogP) is -1.35. The molecule has 1 N–H and O–H groups in total. The fourth-order valence-electron chi connectivity index (χ4n) is 3.62. The van der Waals surface area contributed by atoms with Crippen LogP contribution in [-0.2, 0) is 10.0 Å². The first-order chi connectivity index (χ1) is 14.4. The second-order valence-electron chi connectivity index (χ2n) is 7.27. The Hall–Kier alpha value is -2.04. The molecule has 2 heterocycles. The number of hydrogen-bond acceptors (Lipinski definition) is 7. The molecule has 0 bridgehead atoms. The fourth-order valence-corrected chi connectivity index (χ4v) is 5.15. The minimum absolute atomic E-state index is 0. The number of hydrogen-bond donors (Lipinski definition) is 1. The SMILES string of the molecule is O=C([O-])c1cnc(NC2CCCN(S(=O)(=O)c3ccc4ccccc4c3)CC2)nc1.[Na+]. The minimum atomic E-state index is -3.59. The first-order valence-corrected chi connectivity index (χ1v) is 11.2. The van der Waals surface area contributed by atoms with Gasteiger partial charge in [-0.3, -0.25) is 0 Å². The number of carboxylic acids is 1. The number of carbonyl (C=O) groups is 1. The quantitative estimate of drug-likeness (QED) is 0.480. The van der Waals surface area contributed by atoms with Crippen LogP contribution in [0.5, 0.6) is 0 Å². The molecule has 0 spiro atoms. The monoisotopic (exact) mass is 448 g/mol. The van der Waals surface area contributed by atoms with Gasteiger partial charge in [-0.1, -0.05) is 30.3 Å². The summed E-state index contributed by atoms with van der Waals surface area (Å²) in [6.45, 7) is 0.821. The zero-order valence-electron chi connectivity index (χ0n) is 17.2. The van der Waals surface area contributed by atoms with Crippen LogP contribution < -0.4 is 40.0 Å². The molecule has 156 valence electrons. The predicted molar refractivity (Wildman–Crippen MR) is 110 cm³/mol. The zero-order valence-corrected chi connectivity index (χ0v) is 20.0. The van der Waals surface area contributed by atoms with E-state index in [1.54, 1.807) is 12.1 Å². The van der Waals surface area contributed by atoms with Crippen LogP contribution in [0.1, 0.15) is 29.6 Å². The van der Waals surface area contributed by atoms with Crippen LogP contribution in [-0.4, -0.2) is 47.8 Å². The van der Waals surface area contributed by atoms with Crippen LogP contribution in [0.4, 0.5) is 5.95 Å². The Kier molecular flexibility index (Phi) is 7.66. The van der Waals surface area contributed by atoms with Gasteiger partial charge in [0.25, 0.3) is 0 Å². The minimum Gasteiger partial charge on any atom is -0.545 e. The summed E-state index contributed by atoms with van der Waals surface area (Å²) in [6.07, 6.45) is 4.44. The van der Waals surface area contributed by atoms with Crippen LogP contribution >= 0.6 is 0 Å². The molecule has 0 radical (unpaired) electrons. The second-order valence-corrected chi connectivity index (χ2v) is 9.21. The number of carbonyl (C=O) groups excluding carboxylic acids is 1. The van der Waals surface area contributed by atoms with Crippen molar-refractivity contribution in [3.05, 3.63) is 60.4 Å². The summed E-state index contributed by atoms with van der Waals surface area (Å²) in [6, 6.07) is 12.9. The Labute approximate surface area is 203 Å². The van der Waals surface area contributed by atoms with Gasteiger partial charge < -0.3 is 15.2 Å². The molecule has 1 aromatic heterocycles. The van der Waals surface area contributed by atoms with Gasteiger partial charge in [-0.2, -0.15) is 4.31 Å². The molecule has 0 aliphatic carbocycles. The summed E-state index contributed by atoms with van der Waals surface area (Å²) in [5, 5.41) is 15.9. The molecule has 1 aliphatic heterocycles. The van der Waals surface area contributed by atoms with Gasteiger partial charge in [0.2, 0.25) is 16.0 Å². The number of rotatable bonds is 5. The number of nitrogens with zero attached hydrogens (tertiary/aromatic N) is 3. The van der Waals surface area contributed by atoms with Crippen molar-refractivity contribution >= 4 is 32.7 Å². The molecule has 10 heteroatoms. The molecule has 1 unspecified atom stereocenters. The van der Waals surface area contributed by atoms with Gasteiger partial charge in [-0.15, -0.1) is 0 Å². The molecule has 3 aromatic rings. The van der Waals surface area contributed by atoms with Gasteiger partial charge >= 0.3 is 29.6 Å². The number of sulfonamides is 1. The zero-order chi connectivity index (χ0) is 21.1. The summed E-state index contributed by atoms with van der Waals surface area (Å²) < 4.78 is 27.9. The molecule has 0 amide bonds. The third kappa shape index (κ3) is 5.42. The third-order valence-electron chi connectivity index (χ3n) is 5.27. The molecule has 1 saturated heterocycles. The van der Waals surface area contributed by atoms with Crippen molar-refractivity contribution in [3.8, 4) is 0 Å². The number of fused-ring (bicyclic) bond motifs is 1. The summed E-state index contributed by atoms with van der Waals surface area (Å²) in [5.41, 5.74) is -0.0888. The van der Waals surface area contributed by atoms with E-state index in [0.29, 0.717) is 36.8 Å². The topological polar surface area (TPSA) is 115 Å². The molecule has 1 atom stereocenters. The first kappa shape index (κ1) is 23.6. The summed E-state index contributed by atoms with van der Waals surface area (Å²) in [4.78, 5) is 19.1. The third-order valence-corrected chi connectivity index (χ3v) is 7.16. The van der Waals surface area contributed by atoms with E-state index in [9.17, 15) is 18.3 Å². The largest absolute Gasteiger partial charge is 1.00 e. The summed E-state index contributed by atoms with van der Waals surface area (Å²) in [5.74, 6) is -1.01. The molecule has 8 nitrogen and oxygen atoms in total. The number of aromatic carboxylic acids is 1. The van der Waals surface area contributed by atoms with Gasteiger partial charge in [0.15, 0.2) is 0 Å². The summed E-state index contributed by atoms with van der Waals surface area (Å²) in [7, 11) is -3.59. The second kappa shape index (κ2) is 10.1. The van der Waals surface area contributed by atoms with E-state index in [1.807, 2.05) is 30.3 Å². The van der Waals surface area contributed by atoms with Gasteiger partial charge in [0.1, 0.15) is 0 Å². The average molecular weight is 448 g/mol. The number of benzene rings is 2. The van der Waals surface area contributed by atoms with Gasteiger partial charge in [0.05, 0.1) is 10.9 Å². The maximum absolute atomic E-state index is 13.2. The van der Waals surface area contributed by atoms with Gasteiger partial charge in [-0.05, 0) is 42.2 Å². The van der Waals surface area contributed by atoms with Crippen molar-refractivity contribution in [2.75, 3.05) is 18.4 Å². The molecule has 0 saturated carbocycles. The maximum atomic E-state index is 13.2. The molecule has 4 rings (SSSR count). The fraction of sp³-hybridized carbons (Fsp3) is 0.286. The van der Waals surface area contributed by atoms with Crippen LogP contribution in [0.2, 0.25) is 0 Å². The van der Waals surface area contributed by atoms with E-state index in [2.05, 4.69) is 15.3 Å². The Balaban J connectivity index is 0.00000272. The Bertz CT molecular complexity index is 1170. The Morgan fingerprint density at radius 3 is 2.45 bits per heavy atom. The van der Waals surface area contributed by atoms with Crippen molar-refractivity contribution in [1.29, 1.82) is 0 Å². The smallest absolute Gasteiger partial charge is 0.545 e. The van der Waals surface area contributed by atoms with Gasteiger partial charge in [0, 0.05) is 37.1 Å². The first-order valence-electron chi connectivity index (χ1n) is 9.72. The van der Waals surface area contributed by atoms with E-state index in [4.69, 9.17) is 0 Å². The van der Waals surface area contributed by atoms with Crippen molar-refractivity contribution in [2.45, 2.75) is 30.2 Å². The van der Waals surface area contributed by atoms with Crippen molar-refractivity contribution < 1.29 is 47.9 Å². The van der Waals surface area contributed by atoms with E-state index >= 15 is 0 Å². The van der Waals surface area contributed by atoms with E-state index < -0.39 is 16.0 Å². The summed E-state index contributed by atoms with van der Waals surface area (Å²) >= 11 is 0. The standard InChI is InChI=1S/C21H22N4O4S.Na/c26-20(27)17-13-22-21(23-14-17)24-18-6-3-10-25(11-9-18)30(28,29)19-8-7-15-4-1-2-5-16(15)12-19;/h1-2,4-5,7-8,12-14,18H,3,6,9-11H2,(H,26,27)(H,22,23,24);/q;+1/p-1. The Morgan fingerprint density at radius 1 is 1.03 bits per heavy atom. The molecule has 1 aliphatic rings. The molecule has 1 fully saturated rings. The molecule has 2 aromatic carbocycles. The van der Waals surface area contributed by atoms with Crippen molar-refractivity contribution in [1.82, 2.24) is 14.3 Å². The van der Waals surface area contributed by atoms with E-state index in [1.165, 1.54) is 16.7 Å². The van der Waals surface area contributed by atoms with Crippen molar-refractivity contribution in [3.63, 3.8) is 0 Å². The molecular formula is C21H21N4NaO4S. The van der Waals surface area contributed by atoms with E-state index in [-0.39, 0.29) is 41.2 Å². The van der Waals surface area contributed by atoms with Crippen molar-refractivity contribution in [2.24, 2.45) is 0 Å². The number of nitrogens with one attached hydrogen (secondary N) is 1. The molecule has 31 heavy (non-hydrogen) atoms. The average Bonchev–Trinajstić information content (AvgIpc) is 3.00. The molecular weight excluding hydrogens is 427 g/mol. The number of anilines is 1. The van der Waals surface area contributed by atoms with E-state index in [0.717, 1.165) is 17.2 Å².